The van der Waals surface area contributed by atoms with Crippen molar-refractivity contribution in [3.05, 3.63) is 41.6 Å². The summed E-state index contributed by atoms with van der Waals surface area (Å²) in [6.07, 6.45) is 1.60. The first-order valence-electron chi connectivity index (χ1n) is 8.57. The van der Waals surface area contributed by atoms with Gasteiger partial charge in [-0.15, -0.1) is 0 Å². The molecule has 0 aliphatic rings. The van der Waals surface area contributed by atoms with Crippen molar-refractivity contribution < 1.29 is 22.0 Å². The number of anilines is 3. The summed E-state index contributed by atoms with van der Waals surface area (Å²) in [6.45, 7) is 1.64. The van der Waals surface area contributed by atoms with Gasteiger partial charge in [-0.25, -0.2) is 22.2 Å². The molecule has 3 aromatic rings. The van der Waals surface area contributed by atoms with Gasteiger partial charge in [0, 0.05) is 7.05 Å². The summed E-state index contributed by atoms with van der Waals surface area (Å²) in [7, 11) is -2.17. The second kappa shape index (κ2) is 7.99. The average molecular weight is 424 g/mol. The van der Waals surface area contributed by atoms with Crippen molar-refractivity contribution in [3.8, 4) is 0 Å². The van der Waals surface area contributed by atoms with Crippen molar-refractivity contribution in [3.63, 3.8) is 0 Å². The Balaban J connectivity index is 1.92. The lowest BCUT2D eigenvalue weighted by Gasteiger charge is -2.12. The van der Waals surface area contributed by atoms with Crippen LogP contribution >= 0.6 is 0 Å². The summed E-state index contributed by atoms with van der Waals surface area (Å²) in [5.41, 5.74) is -0.790. The number of fused-ring (bicyclic) bond motifs is 1. The Kier molecular flexibility index (Phi) is 5.64. The van der Waals surface area contributed by atoms with Crippen LogP contribution in [-0.4, -0.2) is 42.3 Å². The molecular weight excluding hydrogens is 406 g/mol. The Morgan fingerprint density at radius 3 is 2.72 bits per heavy atom. The molecule has 0 saturated heterocycles. The van der Waals surface area contributed by atoms with Gasteiger partial charge >= 0.3 is 0 Å². The maximum absolute atomic E-state index is 14.7. The summed E-state index contributed by atoms with van der Waals surface area (Å²) < 4.78 is 54.7. The van der Waals surface area contributed by atoms with Crippen LogP contribution in [0.1, 0.15) is 23.7 Å². The van der Waals surface area contributed by atoms with Gasteiger partial charge in [-0.1, -0.05) is 6.92 Å². The molecule has 3 rings (SSSR count). The van der Waals surface area contributed by atoms with Crippen LogP contribution in [0, 0.1) is 11.6 Å². The molecule has 0 aliphatic carbocycles. The predicted molar refractivity (Wildman–Crippen MR) is 105 cm³/mol. The van der Waals surface area contributed by atoms with Gasteiger partial charge in [0.1, 0.15) is 11.4 Å². The van der Waals surface area contributed by atoms with Crippen LogP contribution in [0.3, 0.4) is 0 Å². The first-order valence-corrected chi connectivity index (χ1v) is 10.2. The monoisotopic (exact) mass is 424 g/mol. The number of carbonyl (C=O) groups is 1. The summed E-state index contributed by atoms with van der Waals surface area (Å²) >= 11 is 0. The second-order valence-corrected chi connectivity index (χ2v) is 7.94. The number of nitrogens with zero attached hydrogens (tertiary/aromatic N) is 2. The van der Waals surface area contributed by atoms with E-state index in [0.29, 0.717) is 23.3 Å². The van der Waals surface area contributed by atoms with Gasteiger partial charge in [-0.05, 0) is 24.6 Å². The summed E-state index contributed by atoms with van der Waals surface area (Å²) in [5, 5.41) is 12.4. The Morgan fingerprint density at radius 1 is 1.28 bits per heavy atom. The number of hydrogen-bond donors (Lipinski definition) is 4. The van der Waals surface area contributed by atoms with Gasteiger partial charge in [0.2, 0.25) is 10.0 Å². The fourth-order valence-corrected chi connectivity index (χ4v) is 3.81. The van der Waals surface area contributed by atoms with E-state index in [-0.39, 0.29) is 11.4 Å². The minimum absolute atomic E-state index is 0.177. The Hall–Kier alpha value is -3.28. The van der Waals surface area contributed by atoms with E-state index in [4.69, 9.17) is 0 Å². The van der Waals surface area contributed by atoms with Gasteiger partial charge in [0.25, 0.3) is 5.91 Å². The topological polar surface area (TPSA) is 129 Å². The van der Waals surface area contributed by atoms with Crippen LogP contribution in [0.25, 0.3) is 11.0 Å². The van der Waals surface area contributed by atoms with E-state index in [2.05, 4.69) is 25.8 Å². The molecule has 9 nitrogen and oxygen atoms in total. The lowest BCUT2D eigenvalue weighted by Crippen LogP contribution is -2.20. The van der Waals surface area contributed by atoms with E-state index >= 15 is 0 Å². The fraction of sp³-hybridized carbons (Fsp3) is 0.235. The molecule has 0 radical (unpaired) electrons. The van der Waals surface area contributed by atoms with E-state index in [1.54, 1.807) is 14.0 Å². The van der Waals surface area contributed by atoms with Crippen LogP contribution in [-0.2, 0) is 10.0 Å². The maximum atomic E-state index is 14.7. The average Bonchev–Trinajstić information content (AvgIpc) is 3.06. The molecule has 154 valence electrons. The van der Waals surface area contributed by atoms with Crippen LogP contribution in [0.5, 0.6) is 0 Å². The highest BCUT2D eigenvalue weighted by molar-refractivity contribution is 7.92. The molecule has 0 atom stereocenters. The number of halogens is 2. The van der Waals surface area contributed by atoms with Crippen LogP contribution in [0.4, 0.5) is 26.0 Å². The molecule has 2 aromatic heterocycles. The number of aromatic nitrogens is 3. The number of pyridine rings is 1. The lowest BCUT2D eigenvalue weighted by molar-refractivity contribution is 0.101. The first-order chi connectivity index (χ1) is 13.8. The van der Waals surface area contributed by atoms with Crippen LogP contribution in [0.15, 0.2) is 24.4 Å². The van der Waals surface area contributed by atoms with Gasteiger partial charge in [-0.2, -0.15) is 5.10 Å². The first kappa shape index (κ1) is 20.5. The number of amides is 1. The Bertz CT molecular complexity index is 1180. The van der Waals surface area contributed by atoms with Crippen molar-refractivity contribution in [2.24, 2.45) is 0 Å². The summed E-state index contributed by atoms with van der Waals surface area (Å²) in [6, 6.07) is 3.27. The SMILES string of the molecule is CCCS(=O)(=O)Nc1ccc(F)c(C(=O)Nc2cnc3[nH]nc(NC)c3c2)c1F. The van der Waals surface area contributed by atoms with E-state index < -0.39 is 38.8 Å². The van der Waals surface area contributed by atoms with Gasteiger partial charge in [0.05, 0.1) is 28.7 Å². The quantitative estimate of drug-likeness (QED) is 0.462. The fourth-order valence-electron chi connectivity index (χ4n) is 2.68. The highest BCUT2D eigenvalue weighted by atomic mass is 32.2. The van der Waals surface area contributed by atoms with Crippen molar-refractivity contribution in [1.82, 2.24) is 15.2 Å². The number of sulfonamides is 1. The van der Waals surface area contributed by atoms with E-state index in [1.807, 2.05) is 4.72 Å². The number of aromatic amines is 1. The molecule has 0 saturated carbocycles. The zero-order valence-corrected chi connectivity index (χ0v) is 16.3. The third-order valence-corrected chi connectivity index (χ3v) is 5.44. The standard InChI is InChI=1S/C17H18F2N6O3S/c1-3-6-29(27,28)25-12-5-4-11(18)13(14(12)19)17(26)22-9-7-10-15(20-2)23-24-16(10)21-8-9/h4-5,7-8,25H,3,6H2,1-2H3,(H,22,26)(H2,20,21,23,24). The highest BCUT2D eigenvalue weighted by Crippen LogP contribution is 2.25. The molecule has 0 fully saturated rings. The number of hydrogen-bond acceptors (Lipinski definition) is 6. The number of carbonyl (C=O) groups excluding carboxylic acids is 1. The normalized spacial score (nSPS) is 11.4. The van der Waals surface area contributed by atoms with Crippen molar-refractivity contribution >= 4 is 44.2 Å². The molecule has 4 N–H and O–H groups in total. The van der Waals surface area contributed by atoms with Crippen LogP contribution in [0.2, 0.25) is 0 Å². The zero-order valence-electron chi connectivity index (χ0n) is 15.5. The third kappa shape index (κ3) is 4.26. The molecule has 0 aliphatic heterocycles. The van der Waals surface area contributed by atoms with E-state index in [9.17, 15) is 22.0 Å². The largest absolute Gasteiger partial charge is 0.371 e. The van der Waals surface area contributed by atoms with Crippen molar-refractivity contribution in [2.75, 3.05) is 28.2 Å². The minimum Gasteiger partial charge on any atom is -0.371 e. The number of nitrogens with one attached hydrogen (secondary N) is 4. The molecule has 29 heavy (non-hydrogen) atoms. The predicted octanol–water partition coefficient (Wildman–Crippen LogP) is 2.68. The number of H-pyrrole nitrogens is 1. The Morgan fingerprint density at radius 2 is 2.03 bits per heavy atom. The molecule has 12 heteroatoms. The van der Waals surface area contributed by atoms with Crippen molar-refractivity contribution in [2.45, 2.75) is 13.3 Å². The maximum Gasteiger partial charge on any atom is 0.261 e. The number of rotatable bonds is 7. The minimum atomic E-state index is -3.82. The van der Waals surface area contributed by atoms with Crippen molar-refractivity contribution in [1.29, 1.82) is 0 Å². The van der Waals surface area contributed by atoms with E-state index in [1.165, 1.54) is 12.3 Å². The van der Waals surface area contributed by atoms with E-state index in [0.717, 1.165) is 12.1 Å². The van der Waals surface area contributed by atoms with Gasteiger partial charge < -0.3 is 10.6 Å². The molecule has 0 spiro atoms. The summed E-state index contributed by atoms with van der Waals surface area (Å²) in [4.78, 5) is 16.6. The van der Waals surface area contributed by atoms with Gasteiger partial charge in [0.15, 0.2) is 17.3 Å². The molecule has 2 heterocycles. The molecule has 1 aromatic carbocycles. The molecule has 0 unspecified atom stereocenters. The highest BCUT2D eigenvalue weighted by Gasteiger charge is 2.23. The molecule has 1 amide bonds. The second-order valence-electron chi connectivity index (χ2n) is 6.10. The zero-order chi connectivity index (χ0) is 21.2. The molecular formula is C17H18F2N6O3S. The smallest absolute Gasteiger partial charge is 0.261 e. The Labute approximate surface area is 165 Å². The van der Waals surface area contributed by atoms with Crippen LogP contribution < -0.4 is 15.4 Å². The lowest BCUT2D eigenvalue weighted by atomic mass is 10.1. The van der Waals surface area contributed by atoms with Gasteiger partial charge in [-0.3, -0.25) is 14.6 Å². The summed E-state index contributed by atoms with van der Waals surface area (Å²) in [5.74, 6) is -3.29. The molecule has 0 bridgehead atoms. The number of benzene rings is 1. The third-order valence-electron chi connectivity index (χ3n) is 3.97.